The number of hydrazine groups is 1. The van der Waals surface area contributed by atoms with Crippen molar-refractivity contribution in [2.45, 2.75) is 13.0 Å². The summed E-state index contributed by atoms with van der Waals surface area (Å²) in [4.78, 5) is 13.0. The maximum atomic E-state index is 11.0. The second kappa shape index (κ2) is 6.63. The van der Waals surface area contributed by atoms with Crippen LogP contribution in [0.1, 0.15) is 17.5 Å². The van der Waals surface area contributed by atoms with E-state index in [9.17, 15) is 4.79 Å². The molecule has 90 valence electrons. The quantitative estimate of drug-likeness (QED) is 0.436. The molecular formula is C12H16N4O. The lowest BCUT2D eigenvalue weighted by molar-refractivity contribution is -0.121. The van der Waals surface area contributed by atoms with Gasteiger partial charge in [-0.15, -0.1) is 0 Å². The first-order chi connectivity index (χ1) is 8.15. The van der Waals surface area contributed by atoms with Crippen molar-refractivity contribution < 1.29 is 4.79 Å². The molecule has 0 unspecified atom stereocenters. The summed E-state index contributed by atoms with van der Waals surface area (Å²) < 4.78 is 0. The number of rotatable bonds is 5. The minimum atomic E-state index is -0.178. The van der Waals surface area contributed by atoms with Gasteiger partial charge in [-0.2, -0.15) is 5.26 Å². The molecule has 1 aromatic carbocycles. The summed E-state index contributed by atoms with van der Waals surface area (Å²) in [5, 5.41) is 8.77. The van der Waals surface area contributed by atoms with Crippen molar-refractivity contribution in [2.75, 3.05) is 13.6 Å². The third-order valence-corrected chi connectivity index (χ3v) is 2.39. The van der Waals surface area contributed by atoms with Gasteiger partial charge in [-0.25, -0.2) is 5.84 Å². The van der Waals surface area contributed by atoms with Gasteiger partial charge in [0.15, 0.2) is 0 Å². The summed E-state index contributed by atoms with van der Waals surface area (Å²) in [7, 11) is 1.92. The Morgan fingerprint density at radius 3 is 3.00 bits per heavy atom. The van der Waals surface area contributed by atoms with Gasteiger partial charge in [-0.05, 0) is 24.7 Å². The van der Waals surface area contributed by atoms with Crippen LogP contribution in [-0.4, -0.2) is 24.4 Å². The van der Waals surface area contributed by atoms with E-state index < -0.39 is 0 Å². The number of nitrogens with one attached hydrogen (secondary N) is 1. The summed E-state index contributed by atoms with van der Waals surface area (Å²) >= 11 is 0. The molecule has 0 aliphatic carbocycles. The molecule has 0 atom stereocenters. The van der Waals surface area contributed by atoms with Crippen LogP contribution in [-0.2, 0) is 11.3 Å². The fraction of sp³-hybridized carbons (Fsp3) is 0.333. The lowest BCUT2D eigenvalue weighted by Gasteiger charge is -2.16. The van der Waals surface area contributed by atoms with Crippen LogP contribution in [0.4, 0.5) is 0 Å². The third kappa shape index (κ3) is 4.64. The first-order valence-corrected chi connectivity index (χ1v) is 5.32. The first-order valence-electron chi connectivity index (χ1n) is 5.32. The van der Waals surface area contributed by atoms with Crippen molar-refractivity contribution >= 4 is 5.91 Å². The van der Waals surface area contributed by atoms with Crippen LogP contribution in [0.3, 0.4) is 0 Å². The number of carbonyl (C=O) groups excluding carboxylic acids is 1. The van der Waals surface area contributed by atoms with Gasteiger partial charge < -0.3 is 4.90 Å². The Labute approximate surface area is 101 Å². The molecule has 0 spiro atoms. The van der Waals surface area contributed by atoms with Crippen molar-refractivity contribution in [3.05, 3.63) is 35.4 Å². The van der Waals surface area contributed by atoms with Gasteiger partial charge in [0.05, 0.1) is 11.6 Å². The van der Waals surface area contributed by atoms with Crippen LogP contribution < -0.4 is 11.3 Å². The minimum Gasteiger partial charge on any atom is -0.302 e. The summed E-state index contributed by atoms with van der Waals surface area (Å²) in [6.07, 6.45) is 0.366. The van der Waals surface area contributed by atoms with E-state index in [-0.39, 0.29) is 5.91 Å². The average molecular weight is 232 g/mol. The summed E-state index contributed by atoms with van der Waals surface area (Å²) in [6.45, 7) is 1.33. The van der Waals surface area contributed by atoms with Crippen LogP contribution in [0.15, 0.2) is 24.3 Å². The number of benzene rings is 1. The molecule has 0 saturated carbocycles. The van der Waals surface area contributed by atoms with Gasteiger partial charge in [-0.3, -0.25) is 10.2 Å². The van der Waals surface area contributed by atoms with E-state index in [4.69, 9.17) is 11.1 Å². The predicted octanol–water partition coefficient (Wildman–Crippen LogP) is 0.370. The average Bonchev–Trinajstić information content (AvgIpc) is 2.36. The Bertz CT molecular complexity index is 425. The van der Waals surface area contributed by atoms with E-state index in [1.165, 1.54) is 0 Å². The zero-order chi connectivity index (χ0) is 12.7. The molecule has 1 rings (SSSR count). The fourth-order valence-electron chi connectivity index (χ4n) is 1.49. The van der Waals surface area contributed by atoms with E-state index in [2.05, 4.69) is 11.5 Å². The Balaban J connectivity index is 2.47. The van der Waals surface area contributed by atoms with Gasteiger partial charge in [-0.1, -0.05) is 12.1 Å². The molecule has 5 nitrogen and oxygen atoms in total. The van der Waals surface area contributed by atoms with Crippen LogP contribution in [0.5, 0.6) is 0 Å². The SMILES string of the molecule is CN(CCC(=O)NN)Cc1cccc(C#N)c1. The van der Waals surface area contributed by atoms with Crippen molar-refractivity contribution in [1.29, 1.82) is 5.26 Å². The Hall–Kier alpha value is -1.90. The molecule has 17 heavy (non-hydrogen) atoms. The smallest absolute Gasteiger partial charge is 0.235 e. The van der Waals surface area contributed by atoms with Gasteiger partial charge in [0.2, 0.25) is 5.91 Å². The molecule has 0 fully saturated rings. The number of carbonyl (C=O) groups is 1. The molecule has 0 aliphatic rings. The van der Waals surface area contributed by atoms with E-state index in [1.54, 1.807) is 6.07 Å². The maximum Gasteiger partial charge on any atom is 0.235 e. The highest BCUT2D eigenvalue weighted by Gasteiger charge is 2.04. The van der Waals surface area contributed by atoms with E-state index in [0.717, 1.165) is 5.56 Å². The highest BCUT2D eigenvalue weighted by atomic mass is 16.2. The number of nitrogens with zero attached hydrogens (tertiary/aromatic N) is 2. The molecule has 1 aromatic rings. The molecule has 0 bridgehead atoms. The lowest BCUT2D eigenvalue weighted by atomic mass is 10.1. The van der Waals surface area contributed by atoms with Crippen molar-refractivity contribution in [3.8, 4) is 6.07 Å². The molecule has 0 aliphatic heterocycles. The third-order valence-electron chi connectivity index (χ3n) is 2.39. The molecular weight excluding hydrogens is 216 g/mol. The van der Waals surface area contributed by atoms with Crippen LogP contribution in [0, 0.1) is 11.3 Å². The minimum absolute atomic E-state index is 0.178. The molecule has 1 amide bonds. The molecule has 0 aromatic heterocycles. The molecule has 5 heteroatoms. The lowest BCUT2D eigenvalue weighted by Crippen LogP contribution is -2.33. The van der Waals surface area contributed by atoms with Crippen LogP contribution in [0.2, 0.25) is 0 Å². The predicted molar refractivity (Wildman–Crippen MR) is 64.4 cm³/mol. The maximum absolute atomic E-state index is 11.0. The zero-order valence-electron chi connectivity index (χ0n) is 9.81. The van der Waals surface area contributed by atoms with Crippen molar-refractivity contribution in [2.24, 2.45) is 5.84 Å². The zero-order valence-corrected chi connectivity index (χ0v) is 9.81. The molecule has 0 saturated heterocycles. The second-order valence-electron chi connectivity index (χ2n) is 3.87. The summed E-state index contributed by atoms with van der Waals surface area (Å²) in [6, 6.07) is 9.53. The monoisotopic (exact) mass is 232 g/mol. The number of nitrogens with two attached hydrogens (primary N) is 1. The van der Waals surface area contributed by atoms with Gasteiger partial charge in [0.25, 0.3) is 0 Å². The summed E-state index contributed by atoms with van der Waals surface area (Å²) in [5.74, 6) is 4.82. The number of hydrogen-bond acceptors (Lipinski definition) is 4. The van der Waals surface area contributed by atoms with E-state index in [1.807, 2.05) is 30.1 Å². The standard InChI is InChI=1S/C12H16N4O/c1-16(6-5-12(17)15-14)9-11-4-2-3-10(7-11)8-13/h2-4,7H,5-6,9,14H2,1H3,(H,15,17). The van der Waals surface area contributed by atoms with Gasteiger partial charge >= 0.3 is 0 Å². The largest absolute Gasteiger partial charge is 0.302 e. The second-order valence-corrected chi connectivity index (χ2v) is 3.87. The van der Waals surface area contributed by atoms with E-state index >= 15 is 0 Å². The Morgan fingerprint density at radius 1 is 1.59 bits per heavy atom. The number of amides is 1. The Morgan fingerprint density at radius 2 is 2.35 bits per heavy atom. The first kappa shape index (κ1) is 13.2. The molecule has 3 N–H and O–H groups in total. The summed E-state index contributed by atoms with van der Waals surface area (Å²) in [5.41, 5.74) is 3.80. The van der Waals surface area contributed by atoms with Gasteiger partial charge in [0.1, 0.15) is 0 Å². The Kier molecular flexibility index (Phi) is 5.14. The van der Waals surface area contributed by atoms with Gasteiger partial charge in [0, 0.05) is 19.5 Å². The van der Waals surface area contributed by atoms with Crippen molar-refractivity contribution in [1.82, 2.24) is 10.3 Å². The van der Waals surface area contributed by atoms with Crippen LogP contribution >= 0.6 is 0 Å². The van der Waals surface area contributed by atoms with Crippen molar-refractivity contribution in [3.63, 3.8) is 0 Å². The molecule has 0 radical (unpaired) electrons. The normalized spacial score (nSPS) is 10.0. The van der Waals surface area contributed by atoms with E-state index in [0.29, 0.717) is 25.1 Å². The number of hydrogen-bond donors (Lipinski definition) is 2. The molecule has 0 heterocycles. The number of nitriles is 1. The fourth-order valence-corrected chi connectivity index (χ4v) is 1.49. The highest BCUT2D eigenvalue weighted by Crippen LogP contribution is 2.06. The highest BCUT2D eigenvalue weighted by molar-refractivity contribution is 5.75. The topological polar surface area (TPSA) is 82.2 Å². The van der Waals surface area contributed by atoms with Crippen LogP contribution in [0.25, 0.3) is 0 Å².